The van der Waals surface area contributed by atoms with Crippen molar-refractivity contribution in [2.45, 2.75) is 26.7 Å². The Morgan fingerprint density at radius 3 is 2.62 bits per heavy atom. The Bertz CT molecular complexity index is 198. The Kier molecular flexibility index (Phi) is 8.47. The number of aliphatic hydroxyl groups is 1. The van der Waals surface area contributed by atoms with Crippen LogP contribution in [-0.2, 0) is 0 Å². The molecule has 4 nitrogen and oxygen atoms in total. The van der Waals surface area contributed by atoms with Crippen molar-refractivity contribution in [3.05, 3.63) is 0 Å². The number of nitrogens with one attached hydrogen (secondary N) is 2. The Morgan fingerprint density at radius 2 is 2.06 bits per heavy atom. The largest absolute Gasteiger partial charge is 0.396 e. The van der Waals surface area contributed by atoms with Gasteiger partial charge in [0.2, 0.25) is 0 Å². The highest BCUT2D eigenvalue weighted by atomic mass is 32.2. The summed E-state index contributed by atoms with van der Waals surface area (Å²) in [5.41, 5.74) is -0.0502. The molecule has 0 spiro atoms. The molecule has 5 heteroatoms. The summed E-state index contributed by atoms with van der Waals surface area (Å²) in [6.45, 7) is 5.51. The molecule has 0 aromatic carbocycles. The van der Waals surface area contributed by atoms with Gasteiger partial charge in [-0.1, -0.05) is 13.8 Å². The average molecular weight is 248 g/mol. The summed E-state index contributed by atoms with van der Waals surface area (Å²) in [4.78, 5) is 11.4. The van der Waals surface area contributed by atoms with Gasteiger partial charge in [-0.15, -0.1) is 0 Å². The van der Waals surface area contributed by atoms with Crippen LogP contribution < -0.4 is 10.6 Å². The lowest BCUT2D eigenvalue weighted by Gasteiger charge is -2.23. The molecule has 0 unspecified atom stereocenters. The van der Waals surface area contributed by atoms with E-state index in [1.807, 2.05) is 13.8 Å². The number of hydrogen-bond acceptors (Lipinski definition) is 3. The highest BCUT2D eigenvalue weighted by Gasteiger charge is 2.17. The molecule has 0 saturated carbocycles. The second-order valence-corrected chi connectivity index (χ2v) is 5.58. The van der Waals surface area contributed by atoms with Gasteiger partial charge in [0.25, 0.3) is 0 Å². The van der Waals surface area contributed by atoms with Gasteiger partial charge < -0.3 is 15.7 Å². The first-order valence-electron chi connectivity index (χ1n) is 5.63. The molecule has 0 fully saturated rings. The molecule has 0 aliphatic carbocycles. The van der Waals surface area contributed by atoms with E-state index in [2.05, 4.69) is 16.9 Å². The summed E-state index contributed by atoms with van der Waals surface area (Å²) < 4.78 is 0. The minimum atomic E-state index is -0.118. The number of rotatable bonds is 8. The van der Waals surface area contributed by atoms with Crippen molar-refractivity contribution in [3.63, 3.8) is 0 Å². The van der Waals surface area contributed by atoms with Gasteiger partial charge in [-0.05, 0) is 30.3 Å². The predicted molar refractivity (Wildman–Crippen MR) is 69.9 cm³/mol. The van der Waals surface area contributed by atoms with Crippen molar-refractivity contribution in [1.29, 1.82) is 0 Å². The highest BCUT2D eigenvalue weighted by Crippen LogP contribution is 2.17. The minimum Gasteiger partial charge on any atom is -0.396 e. The lowest BCUT2D eigenvalue weighted by molar-refractivity contribution is 0.201. The molecule has 2 amide bonds. The first-order valence-corrected chi connectivity index (χ1v) is 7.03. The molecule has 0 saturated heterocycles. The molecule has 0 atom stereocenters. The Morgan fingerprint density at radius 1 is 1.38 bits per heavy atom. The highest BCUT2D eigenvalue weighted by molar-refractivity contribution is 7.98. The van der Waals surface area contributed by atoms with Crippen LogP contribution in [0.4, 0.5) is 4.79 Å². The summed E-state index contributed by atoms with van der Waals surface area (Å²) in [6.07, 6.45) is 3.74. The molecule has 0 rings (SSSR count). The maximum absolute atomic E-state index is 11.4. The Labute approximate surface area is 103 Å². The normalized spacial score (nSPS) is 11.2. The lowest BCUT2D eigenvalue weighted by Crippen LogP contribution is -2.41. The van der Waals surface area contributed by atoms with Gasteiger partial charge in [-0.25, -0.2) is 4.79 Å². The fraction of sp³-hybridized carbons (Fsp3) is 0.909. The molecular weight excluding hydrogens is 224 g/mol. The van der Waals surface area contributed by atoms with Crippen LogP contribution in [0.5, 0.6) is 0 Å². The number of hydrogen-bond donors (Lipinski definition) is 3. The van der Waals surface area contributed by atoms with E-state index in [1.54, 1.807) is 11.8 Å². The van der Waals surface area contributed by atoms with E-state index in [4.69, 9.17) is 5.11 Å². The molecule has 16 heavy (non-hydrogen) atoms. The quantitative estimate of drug-likeness (QED) is 0.570. The third kappa shape index (κ3) is 8.85. The van der Waals surface area contributed by atoms with Crippen LogP contribution in [0.1, 0.15) is 26.7 Å². The van der Waals surface area contributed by atoms with Crippen molar-refractivity contribution in [3.8, 4) is 0 Å². The van der Waals surface area contributed by atoms with Crippen molar-refractivity contribution in [2.24, 2.45) is 5.41 Å². The summed E-state index contributed by atoms with van der Waals surface area (Å²) in [6, 6.07) is -0.118. The Balaban J connectivity index is 3.56. The monoisotopic (exact) mass is 248 g/mol. The number of amides is 2. The van der Waals surface area contributed by atoms with Gasteiger partial charge in [0, 0.05) is 19.7 Å². The third-order valence-corrected chi connectivity index (χ3v) is 3.02. The molecule has 0 aliphatic rings. The number of aliphatic hydroxyl groups excluding tert-OH is 1. The van der Waals surface area contributed by atoms with Crippen LogP contribution in [-0.4, -0.2) is 42.8 Å². The van der Waals surface area contributed by atoms with E-state index in [1.165, 1.54) is 0 Å². The number of carbonyl (C=O) groups excluding carboxylic acids is 1. The van der Waals surface area contributed by atoms with Gasteiger partial charge in [0.1, 0.15) is 0 Å². The summed E-state index contributed by atoms with van der Waals surface area (Å²) in [5, 5.41) is 14.5. The fourth-order valence-corrected chi connectivity index (χ4v) is 1.62. The van der Waals surface area contributed by atoms with E-state index >= 15 is 0 Å². The topological polar surface area (TPSA) is 61.4 Å². The van der Waals surface area contributed by atoms with Crippen LogP contribution in [0.25, 0.3) is 0 Å². The summed E-state index contributed by atoms with van der Waals surface area (Å²) in [5.74, 6) is 1.07. The van der Waals surface area contributed by atoms with Crippen LogP contribution in [0.3, 0.4) is 0 Å². The zero-order chi connectivity index (χ0) is 12.4. The van der Waals surface area contributed by atoms with Gasteiger partial charge in [-0.2, -0.15) is 11.8 Å². The maximum Gasteiger partial charge on any atom is 0.314 e. The number of thioether (sulfide) groups is 1. The van der Waals surface area contributed by atoms with Crippen LogP contribution in [0.2, 0.25) is 0 Å². The van der Waals surface area contributed by atoms with Gasteiger partial charge in [0.15, 0.2) is 0 Å². The standard InChI is InChI=1S/C11H24N2O2S/c1-11(2,5-7-14)9-13-10(15)12-6-4-8-16-3/h14H,4-9H2,1-3H3,(H2,12,13,15). The van der Waals surface area contributed by atoms with Crippen LogP contribution in [0.15, 0.2) is 0 Å². The van der Waals surface area contributed by atoms with Crippen molar-refractivity contribution in [2.75, 3.05) is 31.7 Å². The van der Waals surface area contributed by atoms with Crippen molar-refractivity contribution >= 4 is 17.8 Å². The summed E-state index contributed by atoms with van der Waals surface area (Å²) in [7, 11) is 0. The van der Waals surface area contributed by atoms with E-state index in [0.717, 1.165) is 12.2 Å². The molecule has 0 radical (unpaired) electrons. The predicted octanol–water partition coefficient (Wildman–Crippen LogP) is 1.45. The molecule has 0 heterocycles. The van der Waals surface area contributed by atoms with Gasteiger partial charge in [0.05, 0.1) is 0 Å². The van der Waals surface area contributed by atoms with Crippen LogP contribution >= 0.6 is 11.8 Å². The van der Waals surface area contributed by atoms with E-state index < -0.39 is 0 Å². The first kappa shape index (κ1) is 15.6. The molecular formula is C11H24N2O2S. The van der Waals surface area contributed by atoms with Gasteiger partial charge in [-0.3, -0.25) is 0 Å². The molecule has 0 aliphatic heterocycles. The fourth-order valence-electron chi connectivity index (χ4n) is 1.19. The van der Waals surface area contributed by atoms with E-state index in [0.29, 0.717) is 19.5 Å². The number of urea groups is 1. The average Bonchev–Trinajstić information content (AvgIpc) is 2.22. The third-order valence-electron chi connectivity index (χ3n) is 2.33. The molecule has 0 aromatic rings. The Hall–Kier alpha value is -0.420. The minimum absolute atomic E-state index is 0.0502. The molecule has 0 bridgehead atoms. The van der Waals surface area contributed by atoms with Crippen molar-refractivity contribution in [1.82, 2.24) is 10.6 Å². The second-order valence-electron chi connectivity index (χ2n) is 4.59. The molecule has 3 N–H and O–H groups in total. The summed E-state index contributed by atoms with van der Waals surface area (Å²) >= 11 is 1.78. The van der Waals surface area contributed by atoms with Crippen LogP contribution in [0, 0.1) is 5.41 Å². The maximum atomic E-state index is 11.4. The van der Waals surface area contributed by atoms with E-state index in [-0.39, 0.29) is 18.1 Å². The molecule has 0 aromatic heterocycles. The SMILES string of the molecule is CSCCCNC(=O)NCC(C)(C)CCO. The molecule has 96 valence electrons. The second kappa shape index (κ2) is 8.70. The van der Waals surface area contributed by atoms with Crippen molar-refractivity contribution < 1.29 is 9.90 Å². The zero-order valence-corrected chi connectivity index (χ0v) is 11.3. The van der Waals surface area contributed by atoms with E-state index in [9.17, 15) is 4.79 Å². The first-order chi connectivity index (χ1) is 7.52. The smallest absolute Gasteiger partial charge is 0.314 e. The zero-order valence-electron chi connectivity index (χ0n) is 10.5. The van der Waals surface area contributed by atoms with Gasteiger partial charge >= 0.3 is 6.03 Å². The number of carbonyl (C=O) groups is 1. The lowest BCUT2D eigenvalue weighted by atomic mass is 9.90.